The molecular formula is C60H41N5. The van der Waals surface area contributed by atoms with Gasteiger partial charge in [-0.25, -0.2) is 4.98 Å². The summed E-state index contributed by atoms with van der Waals surface area (Å²) in [4.78, 5) is 16.4. The average molecular weight is 832 g/mol. The Morgan fingerprint density at radius 1 is 0.354 bits per heavy atom. The fourth-order valence-electron chi connectivity index (χ4n) is 10.7. The number of para-hydroxylation sites is 3. The van der Waals surface area contributed by atoms with Crippen LogP contribution in [0, 0.1) is 0 Å². The molecule has 9 aromatic carbocycles. The standard InChI is InChI=1S/C60H41N5/c1-60(2)50-31-13-9-26-43(50)46-29-18-30-49(54(46)60)58-61-57(39-21-7-4-8-22-39)62-59(63-58)65-53-34-16-12-28-45(53)48-36-35-47-44-27-11-15-33-52(44)64(55(47)56(48)65)51-32-14-10-25-42(51)41-24-17-23-40(37-41)38-19-5-3-6-20-38/h3-37H,1-2H3. The van der Waals surface area contributed by atoms with E-state index in [1.807, 2.05) is 18.2 Å². The fourth-order valence-corrected chi connectivity index (χ4v) is 10.7. The molecule has 306 valence electrons. The highest BCUT2D eigenvalue weighted by Crippen LogP contribution is 2.52. The van der Waals surface area contributed by atoms with Crippen molar-refractivity contribution in [3.63, 3.8) is 0 Å². The van der Waals surface area contributed by atoms with E-state index < -0.39 is 0 Å². The molecule has 65 heavy (non-hydrogen) atoms. The van der Waals surface area contributed by atoms with E-state index in [2.05, 4.69) is 217 Å². The van der Waals surface area contributed by atoms with Gasteiger partial charge in [0.2, 0.25) is 5.95 Å². The maximum atomic E-state index is 5.58. The Balaban J connectivity index is 1.13. The summed E-state index contributed by atoms with van der Waals surface area (Å²) >= 11 is 0. The Hall–Kier alpha value is -8.41. The zero-order chi connectivity index (χ0) is 43.2. The number of benzene rings is 9. The van der Waals surface area contributed by atoms with Crippen molar-refractivity contribution in [2.75, 3.05) is 0 Å². The molecule has 0 saturated carbocycles. The van der Waals surface area contributed by atoms with Gasteiger partial charge in [0.15, 0.2) is 11.6 Å². The van der Waals surface area contributed by atoms with Crippen LogP contribution in [0.25, 0.3) is 111 Å². The van der Waals surface area contributed by atoms with E-state index >= 15 is 0 Å². The van der Waals surface area contributed by atoms with E-state index in [0.29, 0.717) is 17.6 Å². The molecule has 3 aromatic heterocycles. The van der Waals surface area contributed by atoms with Crippen molar-refractivity contribution >= 4 is 43.6 Å². The van der Waals surface area contributed by atoms with Gasteiger partial charge in [-0.2, -0.15) is 9.97 Å². The van der Waals surface area contributed by atoms with Crippen LogP contribution in [-0.4, -0.2) is 24.1 Å². The van der Waals surface area contributed by atoms with Gasteiger partial charge in [-0.1, -0.05) is 202 Å². The molecule has 0 atom stereocenters. The molecule has 1 aliphatic rings. The number of aromatic nitrogens is 5. The monoisotopic (exact) mass is 831 g/mol. The van der Waals surface area contributed by atoms with Gasteiger partial charge in [0.1, 0.15) is 0 Å². The summed E-state index contributed by atoms with van der Waals surface area (Å²) < 4.78 is 4.76. The third-order valence-corrected chi connectivity index (χ3v) is 13.6. The molecule has 0 amide bonds. The lowest BCUT2D eigenvalue weighted by Crippen LogP contribution is -2.17. The second-order valence-electron chi connectivity index (χ2n) is 17.6. The minimum atomic E-state index is -0.268. The largest absolute Gasteiger partial charge is 0.307 e. The molecule has 0 fully saturated rings. The van der Waals surface area contributed by atoms with Gasteiger partial charge in [-0.3, -0.25) is 4.57 Å². The maximum Gasteiger partial charge on any atom is 0.238 e. The Morgan fingerprint density at radius 3 is 1.63 bits per heavy atom. The highest BCUT2D eigenvalue weighted by molar-refractivity contribution is 6.24. The molecule has 3 heterocycles. The summed E-state index contributed by atoms with van der Waals surface area (Å²) in [7, 11) is 0. The third-order valence-electron chi connectivity index (χ3n) is 13.6. The molecule has 0 N–H and O–H groups in total. The van der Waals surface area contributed by atoms with Gasteiger partial charge < -0.3 is 4.57 Å². The predicted octanol–water partition coefficient (Wildman–Crippen LogP) is 15.0. The summed E-state index contributed by atoms with van der Waals surface area (Å²) in [5.41, 5.74) is 16.7. The summed E-state index contributed by atoms with van der Waals surface area (Å²) in [6, 6.07) is 76.0. The van der Waals surface area contributed by atoms with Gasteiger partial charge in [0.05, 0.1) is 27.8 Å². The minimum absolute atomic E-state index is 0.268. The van der Waals surface area contributed by atoms with Gasteiger partial charge in [0.25, 0.3) is 0 Å². The lowest BCUT2D eigenvalue weighted by atomic mass is 9.80. The molecule has 12 aromatic rings. The first-order chi connectivity index (χ1) is 32.0. The Labute approximate surface area is 376 Å². The molecular weight excluding hydrogens is 791 g/mol. The van der Waals surface area contributed by atoms with Crippen molar-refractivity contribution < 1.29 is 0 Å². The highest BCUT2D eigenvalue weighted by atomic mass is 15.2. The average Bonchev–Trinajstić information content (AvgIpc) is 3.97. The first-order valence-electron chi connectivity index (χ1n) is 22.3. The van der Waals surface area contributed by atoms with Crippen LogP contribution in [-0.2, 0) is 5.41 Å². The zero-order valence-electron chi connectivity index (χ0n) is 35.9. The number of nitrogens with zero attached hydrogens (tertiary/aromatic N) is 5. The number of hydrogen-bond donors (Lipinski definition) is 0. The van der Waals surface area contributed by atoms with E-state index in [4.69, 9.17) is 15.0 Å². The van der Waals surface area contributed by atoms with Crippen LogP contribution in [0.3, 0.4) is 0 Å². The van der Waals surface area contributed by atoms with Gasteiger partial charge >= 0.3 is 0 Å². The summed E-state index contributed by atoms with van der Waals surface area (Å²) in [6.45, 7) is 4.64. The van der Waals surface area contributed by atoms with E-state index in [-0.39, 0.29) is 5.41 Å². The van der Waals surface area contributed by atoms with Crippen molar-refractivity contribution in [3.05, 3.63) is 223 Å². The molecule has 1 aliphatic carbocycles. The minimum Gasteiger partial charge on any atom is -0.307 e. The lowest BCUT2D eigenvalue weighted by Gasteiger charge is -2.24. The molecule has 5 heteroatoms. The van der Waals surface area contributed by atoms with Crippen molar-refractivity contribution in [1.29, 1.82) is 0 Å². The van der Waals surface area contributed by atoms with Crippen LogP contribution < -0.4 is 0 Å². The Kier molecular flexibility index (Phi) is 8.18. The van der Waals surface area contributed by atoms with Crippen LogP contribution >= 0.6 is 0 Å². The second kappa shape index (κ2) is 14.3. The quantitative estimate of drug-likeness (QED) is 0.168. The maximum absolute atomic E-state index is 5.58. The Bertz CT molecular complexity index is 3860. The number of hydrogen-bond acceptors (Lipinski definition) is 3. The summed E-state index contributed by atoms with van der Waals surface area (Å²) in [6.07, 6.45) is 0. The van der Waals surface area contributed by atoms with Crippen LogP contribution in [0.4, 0.5) is 0 Å². The molecule has 0 spiro atoms. The first-order valence-corrected chi connectivity index (χ1v) is 22.3. The topological polar surface area (TPSA) is 48.5 Å². The SMILES string of the molecule is CC1(C)c2ccccc2-c2cccc(-c3nc(-c4ccccc4)nc(-n4c5ccccc5c5ccc6c7ccccc7n(-c7ccccc7-c7cccc(-c8ccccc8)c7)c6c54)n3)c21. The first kappa shape index (κ1) is 37.2. The van der Waals surface area contributed by atoms with Crippen molar-refractivity contribution in [2.45, 2.75) is 19.3 Å². The fraction of sp³-hybridized carbons (Fsp3) is 0.0500. The van der Waals surface area contributed by atoms with Gasteiger partial charge in [-0.15, -0.1) is 0 Å². The molecule has 0 aliphatic heterocycles. The smallest absolute Gasteiger partial charge is 0.238 e. The third kappa shape index (κ3) is 5.62. The second-order valence-corrected chi connectivity index (χ2v) is 17.6. The van der Waals surface area contributed by atoms with Gasteiger partial charge in [0, 0.05) is 43.7 Å². The van der Waals surface area contributed by atoms with E-state index in [1.54, 1.807) is 0 Å². The van der Waals surface area contributed by atoms with Crippen molar-refractivity contribution in [1.82, 2.24) is 24.1 Å². The van der Waals surface area contributed by atoms with Crippen molar-refractivity contribution in [3.8, 4) is 67.8 Å². The van der Waals surface area contributed by atoms with E-state index in [1.165, 1.54) is 38.8 Å². The van der Waals surface area contributed by atoms with Crippen LogP contribution in [0.2, 0.25) is 0 Å². The summed E-state index contributed by atoms with van der Waals surface area (Å²) in [5.74, 6) is 1.84. The number of rotatable bonds is 6. The van der Waals surface area contributed by atoms with Crippen molar-refractivity contribution in [2.24, 2.45) is 0 Å². The van der Waals surface area contributed by atoms with E-state index in [9.17, 15) is 0 Å². The normalized spacial score (nSPS) is 12.9. The van der Waals surface area contributed by atoms with E-state index in [0.717, 1.165) is 66.2 Å². The summed E-state index contributed by atoms with van der Waals surface area (Å²) in [5, 5.41) is 4.59. The Morgan fingerprint density at radius 2 is 0.877 bits per heavy atom. The molecule has 5 nitrogen and oxygen atoms in total. The highest BCUT2D eigenvalue weighted by Gasteiger charge is 2.38. The zero-order valence-corrected chi connectivity index (χ0v) is 35.9. The number of fused-ring (bicyclic) bond motifs is 10. The van der Waals surface area contributed by atoms with Crippen LogP contribution in [0.1, 0.15) is 25.0 Å². The van der Waals surface area contributed by atoms with Crippen LogP contribution in [0.15, 0.2) is 212 Å². The van der Waals surface area contributed by atoms with Crippen LogP contribution in [0.5, 0.6) is 0 Å². The molecule has 13 rings (SSSR count). The van der Waals surface area contributed by atoms with Gasteiger partial charge in [-0.05, 0) is 63.2 Å². The predicted molar refractivity (Wildman–Crippen MR) is 268 cm³/mol. The molecule has 0 saturated heterocycles. The molecule has 0 unspecified atom stereocenters. The lowest BCUT2D eigenvalue weighted by molar-refractivity contribution is 0.661. The molecule has 0 bridgehead atoms. The molecule has 0 radical (unpaired) electrons.